The highest BCUT2D eigenvalue weighted by molar-refractivity contribution is 7.71. The molecule has 1 N–H and O–H groups in total. The number of benzene rings is 1. The molecule has 0 unspecified atom stereocenters. The first-order valence-corrected chi connectivity index (χ1v) is 5.75. The van der Waals surface area contributed by atoms with Gasteiger partial charge in [0.1, 0.15) is 11.8 Å². The van der Waals surface area contributed by atoms with Crippen LogP contribution in [0.5, 0.6) is 0 Å². The van der Waals surface area contributed by atoms with Crippen molar-refractivity contribution in [3.05, 3.63) is 53.2 Å². The number of hydrogen-bond acceptors (Lipinski definition) is 4. The van der Waals surface area contributed by atoms with Crippen LogP contribution in [0.15, 0.2) is 48.1 Å². The number of hydrogen-bond donors (Lipinski definition) is 1. The lowest BCUT2D eigenvalue weighted by molar-refractivity contribution is 0.897. The lowest BCUT2D eigenvalue weighted by atomic mass is 10.2. The molecule has 0 aliphatic heterocycles. The van der Waals surface area contributed by atoms with Gasteiger partial charge in [-0.2, -0.15) is 5.10 Å². The summed E-state index contributed by atoms with van der Waals surface area (Å²) in [6.07, 6.45) is 4.91. The van der Waals surface area contributed by atoms with Crippen LogP contribution < -0.4 is 0 Å². The van der Waals surface area contributed by atoms with E-state index < -0.39 is 0 Å². The van der Waals surface area contributed by atoms with Crippen LogP contribution in [0.3, 0.4) is 0 Å². The molecule has 0 saturated heterocycles. The maximum Gasteiger partial charge on any atom is 0.163 e. The fourth-order valence-electron chi connectivity index (χ4n) is 1.60. The van der Waals surface area contributed by atoms with Gasteiger partial charge in [0.2, 0.25) is 0 Å². The molecule has 6 heteroatoms. The van der Waals surface area contributed by atoms with E-state index in [4.69, 9.17) is 12.2 Å². The second-order valence-corrected chi connectivity index (χ2v) is 4.04. The molecule has 3 aromatic rings. The molecule has 2 aromatic heterocycles. The molecule has 2 heterocycles. The molecule has 0 bridgehead atoms. The number of H-pyrrole nitrogens is 1. The first kappa shape index (κ1) is 10.8. The Labute approximate surface area is 108 Å². The Balaban J connectivity index is 2.04. The van der Waals surface area contributed by atoms with Crippen molar-refractivity contribution in [3.63, 3.8) is 0 Å². The zero-order chi connectivity index (χ0) is 12.4. The third-order valence-corrected chi connectivity index (χ3v) is 2.76. The predicted molar refractivity (Wildman–Crippen MR) is 72.1 cm³/mol. The van der Waals surface area contributed by atoms with Crippen LogP contribution in [0, 0.1) is 4.64 Å². The molecule has 0 radical (unpaired) electrons. The number of nitrogens with zero attached hydrogens (tertiary/aromatic N) is 4. The Morgan fingerprint density at radius 2 is 2.06 bits per heavy atom. The lowest BCUT2D eigenvalue weighted by Gasteiger charge is -1.95. The summed E-state index contributed by atoms with van der Waals surface area (Å²) in [5.74, 6) is 0. The SMILES string of the molecule is S=c1nc[nH]c2c1ncn2N=Cc1ccccc1. The predicted octanol–water partition coefficient (Wildman–Crippen LogP) is 2.37. The molecule has 0 saturated carbocycles. The minimum Gasteiger partial charge on any atom is -0.329 e. The van der Waals surface area contributed by atoms with Crippen LogP contribution in [-0.2, 0) is 0 Å². The highest BCUT2D eigenvalue weighted by atomic mass is 32.1. The molecule has 5 nitrogen and oxygen atoms in total. The van der Waals surface area contributed by atoms with Gasteiger partial charge in [-0.3, -0.25) is 0 Å². The highest BCUT2D eigenvalue weighted by Gasteiger charge is 2.02. The number of fused-ring (bicyclic) bond motifs is 1. The second-order valence-electron chi connectivity index (χ2n) is 3.65. The van der Waals surface area contributed by atoms with Crippen molar-refractivity contribution in [1.82, 2.24) is 19.6 Å². The van der Waals surface area contributed by atoms with E-state index in [-0.39, 0.29) is 0 Å². The van der Waals surface area contributed by atoms with Gasteiger partial charge in [0.05, 0.1) is 12.5 Å². The number of aromatic amines is 1. The Morgan fingerprint density at radius 1 is 1.22 bits per heavy atom. The summed E-state index contributed by atoms with van der Waals surface area (Å²) in [6, 6.07) is 9.85. The van der Waals surface area contributed by atoms with E-state index in [9.17, 15) is 0 Å². The summed E-state index contributed by atoms with van der Waals surface area (Å²) < 4.78 is 2.11. The van der Waals surface area contributed by atoms with E-state index in [2.05, 4.69) is 20.1 Å². The topological polar surface area (TPSA) is 58.9 Å². The van der Waals surface area contributed by atoms with Gasteiger partial charge in [-0.1, -0.05) is 42.5 Å². The molecular weight excluding hydrogens is 246 g/mol. The van der Waals surface area contributed by atoms with Crippen LogP contribution in [0.1, 0.15) is 5.56 Å². The Hall–Kier alpha value is -2.34. The first-order valence-electron chi connectivity index (χ1n) is 5.35. The van der Waals surface area contributed by atoms with Gasteiger partial charge in [0.15, 0.2) is 10.3 Å². The molecular formula is C12H9N5S. The van der Waals surface area contributed by atoms with E-state index in [1.807, 2.05) is 30.3 Å². The van der Waals surface area contributed by atoms with Crippen LogP contribution >= 0.6 is 12.2 Å². The van der Waals surface area contributed by atoms with Crippen molar-refractivity contribution in [1.29, 1.82) is 0 Å². The van der Waals surface area contributed by atoms with Crippen LogP contribution in [-0.4, -0.2) is 25.8 Å². The van der Waals surface area contributed by atoms with Crippen molar-refractivity contribution in [2.24, 2.45) is 5.10 Å². The number of rotatable bonds is 2. The van der Waals surface area contributed by atoms with E-state index in [0.717, 1.165) is 11.2 Å². The van der Waals surface area contributed by atoms with Crippen molar-refractivity contribution in [3.8, 4) is 0 Å². The third kappa shape index (κ3) is 1.93. The average molecular weight is 255 g/mol. The molecule has 0 atom stereocenters. The van der Waals surface area contributed by atoms with E-state index in [1.54, 1.807) is 23.5 Å². The highest BCUT2D eigenvalue weighted by Crippen LogP contribution is 2.08. The number of nitrogens with one attached hydrogen (secondary N) is 1. The second kappa shape index (κ2) is 4.50. The summed E-state index contributed by atoms with van der Waals surface area (Å²) in [6.45, 7) is 0. The summed E-state index contributed by atoms with van der Waals surface area (Å²) >= 11 is 5.09. The standard InChI is InChI=1S/C12H9N5S/c18-12-10-11(13-7-14-12)17(8-15-10)16-6-9-4-2-1-3-5-9/h1-8H,(H,13,14,18). The molecule has 0 spiro atoms. The van der Waals surface area contributed by atoms with Crippen LogP contribution in [0.4, 0.5) is 0 Å². The summed E-state index contributed by atoms with van der Waals surface area (Å²) in [5.41, 5.74) is 2.41. The van der Waals surface area contributed by atoms with Crippen molar-refractivity contribution in [2.75, 3.05) is 0 Å². The van der Waals surface area contributed by atoms with Gasteiger partial charge >= 0.3 is 0 Å². The molecule has 0 fully saturated rings. The smallest absolute Gasteiger partial charge is 0.163 e. The van der Waals surface area contributed by atoms with Gasteiger partial charge in [-0.15, -0.1) is 0 Å². The van der Waals surface area contributed by atoms with Crippen molar-refractivity contribution >= 4 is 29.6 Å². The monoisotopic (exact) mass is 255 g/mol. The number of aromatic nitrogens is 4. The molecule has 3 rings (SSSR count). The summed E-state index contributed by atoms with van der Waals surface area (Å²) in [5, 5.41) is 4.33. The van der Waals surface area contributed by atoms with Gasteiger partial charge in [-0.25, -0.2) is 14.6 Å². The minimum atomic E-state index is 0.470. The summed E-state index contributed by atoms with van der Waals surface area (Å²) in [4.78, 5) is 11.1. The number of imidazole rings is 1. The van der Waals surface area contributed by atoms with Gasteiger partial charge < -0.3 is 4.98 Å². The molecule has 1 aromatic carbocycles. The van der Waals surface area contributed by atoms with E-state index in [0.29, 0.717) is 10.2 Å². The molecule has 18 heavy (non-hydrogen) atoms. The first-order chi connectivity index (χ1) is 8.84. The quantitative estimate of drug-likeness (QED) is 0.565. The van der Waals surface area contributed by atoms with Crippen molar-refractivity contribution in [2.45, 2.75) is 0 Å². The molecule has 88 valence electrons. The average Bonchev–Trinajstić information content (AvgIpc) is 2.82. The lowest BCUT2D eigenvalue weighted by Crippen LogP contribution is -1.91. The normalized spacial score (nSPS) is 11.3. The molecule has 0 amide bonds. The fourth-order valence-corrected chi connectivity index (χ4v) is 1.80. The third-order valence-electron chi connectivity index (χ3n) is 2.47. The largest absolute Gasteiger partial charge is 0.329 e. The zero-order valence-corrected chi connectivity index (χ0v) is 10.1. The van der Waals surface area contributed by atoms with Crippen LogP contribution in [0.2, 0.25) is 0 Å². The Kier molecular flexibility index (Phi) is 2.70. The maximum absolute atomic E-state index is 5.09. The molecule has 0 aliphatic rings. The van der Waals surface area contributed by atoms with Gasteiger partial charge in [-0.05, 0) is 5.56 Å². The zero-order valence-electron chi connectivity index (χ0n) is 9.32. The Bertz CT molecular complexity index is 757. The molecule has 0 aliphatic carbocycles. The summed E-state index contributed by atoms with van der Waals surface area (Å²) in [7, 11) is 0. The van der Waals surface area contributed by atoms with E-state index in [1.165, 1.54) is 0 Å². The maximum atomic E-state index is 5.09. The van der Waals surface area contributed by atoms with Crippen LogP contribution in [0.25, 0.3) is 11.2 Å². The fraction of sp³-hybridized carbons (Fsp3) is 0. The van der Waals surface area contributed by atoms with Gasteiger partial charge in [0.25, 0.3) is 0 Å². The minimum absolute atomic E-state index is 0.470. The van der Waals surface area contributed by atoms with Gasteiger partial charge in [0, 0.05) is 0 Å². The Morgan fingerprint density at radius 3 is 2.89 bits per heavy atom. The van der Waals surface area contributed by atoms with E-state index >= 15 is 0 Å². The van der Waals surface area contributed by atoms with Crippen molar-refractivity contribution < 1.29 is 0 Å².